The Hall–Kier alpha value is -1.08. The predicted molar refractivity (Wildman–Crippen MR) is 94.4 cm³/mol. The van der Waals surface area contributed by atoms with Gasteiger partial charge in [-0.2, -0.15) is 5.10 Å². The number of nitrogens with zero attached hydrogens (tertiary/aromatic N) is 4. The Bertz CT molecular complexity index is 790. The molecule has 0 amide bonds. The van der Waals surface area contributed by atoms with E-state index in [0.717, 1.165) is 41.2 Å². The van der Waals surface area contributed by atoms with Crippen LogP contribution >= 0.6 is 34.2 Å². The highest BCUT2D eigenvalue weighted by Gasteiger charge is 2.20. The minimum absolute atomic E-state index is 0.557. The number of benzene rings is 1. The van der Waals surface area contributed by atoms with Crippen molar-refractivity contribution in [3.63, 3.8) is 0 Å². The number of para-hydroxylation sites is 1. The van der Waals surface area contributed by atoms with Crippen LogP contribution in [0.15, 0.2) is 24.3 Å². The molecule has 0 aliphatic rings. The minimum atomic E-state index is 0.557. The van der Waals surface area contributed by atoms with Gasteiger partial charge in [0.25, 0.3) is 0 Å². The van der Waals surface area contributed by atoms with Gasteiger partial charge < -0.3 is 0 Å². The third-order valence-corrected chi connectivity index (χ3v) is 4.62. The van der Waals surface area contributed by atoms with E-state index in [1.807, 2.05) is 23.9 Å². The molecular formula is C15H16ClIN4. The topological polar surface area (TPSA) is 35.6 Å². The molecule has 0 bridgehead atoms. The lowest BCUT2D eigenvalue weighted by Crippen LogP contribution is -2.07. The first-order chi connectivity index (χ1) is 10.2. The number of alkyl halides is 1. The van der Waals surface area contributed by atoms with Crippen LogP contribution in [0.25, 0.3) is 16.9 Å². The van der Waals surface area contributed by atoms with Crippen LogP contribution in [-0.4, -0.2) is 25.2 Å². The van der Waals surface area contributed by atoms with Crippen molar-refractivity contribution in [3.8, 4) is 5.69 Å². The Morgan fingerprint density at radius 2 is 2.05 bits per heavy atom. The largest absolute Gasteiger partial charge is 0.280 e. The molecule has 0 spiro atoms. The van der Waals surface area contributed by atoms with Gasteiger partial charge in [-0.25, -0.2) is 9.67 Å². The zero-order valence-corrected chi connectivity index (χ0v) is 14.9. The van der Waals surface area contributed by atoms with Crippen LogP contribution in [0.3, 0.4) is 0 Å². The van der Waals surface area contributed by atoms with E-state index in [2.05, 4.69) is 51.3 Å². The lowest BCUT2D eigenvalue weighted by molar-refractivity contribution is 0.740. The molecule has 0 radical (unpaired) electrons. The normalized spacial score (nSPS) is 11.4. The molecule has 2 heterocycles. The van der Waals surface area contributed by atoms with Gasteiger partial charge in [0.15, 0.2) is 5.65 Å². The average molecular weight is 415 g/mol. The van der Waals surface area contributed by atoms with E-state index in [1.165, 1.54) is 3.57 Å². The monoisotopic (exact) mass is 414 g/mol. The number of aromatic nitrogens is 4. The second kappa shape index (κ2) is 5.96. The average Bonchev–Trinajstić information content (AvgIpc) is 2.98. The number of imidazole rings is 1. The zero-order chi connectivity index (χ0) is 15.0. The maximum atomic E-state index is 5.97. The number of fused-ring (bicyclic) bond motifs is 1. The number of rotatable bonds is 4. The van der Waals surface area contributed by atoms with E-state index < -0.39 is 0 Å². The zero-order valence-electron chi connectivity index (χ0n) is 12.0. The number of hydrogen-bond donors (Lipinski definition) is 0. The summed E-state index contributed by atoms with van der Waals surface area (Å²) in [6.07, 6.45) is 1.62. The summed E-state index contributed by atoms with van der Waals surface area (Å²) in [6.45, 7) is 2.11. The van der Waals surface area contributed by atoms with Crippen molar-refractivity contribution in [2.45, 2.75) is 19.8 Å². The molecule has 110 valence electrons. The summed E-state index contributed by atoms with van der Waals surface area (Å²) < 4.78 is 5.29. The van der Waals surface area contributed by atoms with Gasteiger partial charge in [-0.3, -0.25) is 4.57 Å². The molecule has 21 heavy (non-hydrogen) atoms. The summed E-state index contributed by atoms with van der Waals surface area (Å²) in [5, 5.41) is 4.58. The molecule has 0 saturated heterocycles. The third-order valence-electron chi connectivity index (χ3n) is 3.52. The second-order valence-electron chi connectivity index (χ2n) is 4.85. The van der Waals surface area contributed by atoms with Crippen LogP contribution in [0.2, 0.25) is 0 Å². The van der Waals surface area contributed by atoms with Crippen molar-refractivity contribution in [1.29, 1.82) is 0 Å². The summed E-state index contributed by atoms with van der Waals surface area (Å²) in [5.41, 5.74) is 4.19. The Kier molecular flexibility index (Phi) is 4.21. The fourth-order valence-corrected chi connectivity index (χ4v) is 3.40. The van der Waals surface area contributed by atoms with Crippen molar-refractivity contribution in [3.05, 3.63) is 39.4 Å². The Balaban J connectivity index is 2.36. The molecule has 6 heteroatoms. The van der Waals surface area contributed by atoms with Gasteiger partial charge in [0.2, 0.25) is 0 Å². The number of hydrogen-bond acceptors (Lipinski definition) is 2. The van der Waals surface area contributed by atoms with Gasteiger partial charge in [-0.15, -0.1) is 11.6 Å². The van der Waals surface area contributed by atoms with E-state index in [-0.39, 0.29) is 0 Å². The van der Waals surface area contributed by atoms with Gasteiger partial charge in [0, 0.05) is 22.9 Å². The van der Waals surface area contributed by atoms with Crippen LogP contribution in [-0.2, 0) is 19.9 Å². The molecule has 0 saturated carbocycles. The Morgan fingerprint density at radius 1 is 1.29 bits per heavy atom. The Labute approximate surface area is 142 Å². The van der Waals surface area contributed by atoms with Crippen LogP contribution in [0.1, 0.15) is 18.4 Å². The standard InChI is InChI=1S/C15H16ClIN4/c1-3-11-14-15(20(2)19-11)21(13(18-14)8-9-16)12-7-5-4-6-10(12)17/h4-7H,3,8-9H2,1-2H3. The summed E-state index contributed by atoms with van der Waals surface area (Å²) in [6, 6.07) is 8.30. The molecule has 0 fully saturated rings. The molecule has 3 aromatic rings. The molecule has 2 aromatic heterocycles. The van der Waals surface area contributed by atoms with Crippen LogP contribution in [0.5, 0.6) is 0 Å². The van der Waals surface area contributed by atoms with Crippen LogP contribution in [0.4, 0.5) is 0 Å². The van der Waals surface area contributed by atoms with E-state index in [1.54, 1.807) is 0 Å². The maximum absolute atomic E-state index is 5.97. The maximum Gasteiger partial charge on any atom is 0.163 e. The molecular weight excluding hydrogens is 399 g/mol. The predicted octanol–water partition coefficient (Wildman–Crippen LogP) is 3.71. The second-order valence-corrected chi connectivity index (χ2v) is 6.39. The fourth-order valence-electron chi connectivity index (χ4n) is 2.60. The summed E-state index contributed by atoms with van der Waals surface area (Å²) in [5.74, 6) is 1.55. The summed E-state index contributed by atoms with van der Waals surface area (Å²) in [4.78, 5) is 4.80. The lowest BCUT2D eigenvalue weighted by atomic mass is 10.3. The van der Waals surface area contributed by atoms with Gasteiger partial charge in [0.05, 0.1) is 11.4 Å². The third kappa shape index (κ3) is 2.46. The smallest absolute Gasteiger partial charge is 0.163 e. The molecule has 1 aromatic carbocycles. The van der Waals surface area contributed by atoms with Gasteiger partial charge in [-0.1, -0.05) is 19.1 Å². The SMILES string of the molecule is CCc1nn(C)c2c1nc(CCCl)n2-c1ccccc1I. The fraction of sp³-hybridized carbons (Fsp3) is 0.333. The van der Waals surface area contributed by atoms with E-state index in [9.17, 15) is 0 Å². The molecule has 0 atom stereocenters. The first kappa shape index (κ1) is 14.8. The van der Waals surface area contributed by atoms with Crippen molar-refractivity contribution < 1.29 is 0 Å². The molecule has 0 unspecified atom stereocenters. The molecule has 4 nitrogen and oxygen atoms in total. The minimum Gasteiger partial charge on any atom is -0.280 e. The first-order valence-electron chi connectivity index (χ1n) is 6.91. The van der Waals surface area contributed by atoms with Crippen molar-refractivity contribution >= 4 is 45.4 Å². The summed E-state index contributed by atoms with van der Waals surface area (Å²) in [7, 11) is 1.97. The lowest BCUT2D eigenvalue weighted by Gasteiger charge is -2.11. The molecule has 0 aliphatic heterocycles. The number of aryl methyl sites for hydroxylation is 3. The first-order valence-corrected chi connectivity index (χ1v) is 8.52. The van der Waals surface area contributed by atoms with Crippen LogP contribution < -0.4 is 0 Å². The van der Waals surface area contributed by atoms with Gasteiger partial charge >= 0.3 is 0 Å². The molecule has 0 N–H and O–H groups in total. The highest BCUT2D eigenvalue weighted by atomic mass is 127. The Morgan fingerprint density at radius 3 is 2.71 bits per heavy atom. The van der Waals surface area contributed by atoms with Gasteiger partial charge in [-0.05, 0) is 41.1 Å². The van der Waals surface area contributed by atoms with Crippen molar-refractivity contribution in [2.75, 3.05) is 5.88 Å². The van der Waals surface area contributed by atoms with Gasteiger partial charge in [0.1, 0.15) is 11.3 Å². The van der Waals surface area contributed by atoms with Crippen LogP contribution in [0, 0.1) is 3.57 Å². The highest BCUT2D eigenvalue weighted by Crippen LogP contribution is 2.27. The molecule has 3 rings (SSSR count). The molecule has 0 aliphatic carbocycles. The van der Waals surface area contributed by atoms with E-state index in [0.29, 0.717) is 5.88 Å². The van der Waals surface area contributed by atoms with Crippen molar-refractivity contribution in [2.24, 2.45) is 7.05 Å². The summed E-state index contributed by atoms with van der Waals surface area (Å²) >= 11 is 8.32. The number of halogens is 2. The van der Waals surface area contributed by atoms with Crippen molar-refractivity contribution in [1.82, 2.24) is 19.3 Å². The quantitative estimate of drug-likeness (QED) is 0.482. The van der Waals surface area contributed by atoms with E-state index >= 15 is 0 Å². The highest BCUT2D eigenvalue weighted by molar-refractivity contribution is 14.1. The van der Waals surface area contributed by atoms with E-state index in [4.69, 9.17) is 16.6 Å².